The first-order chi connectivity index (χ1) is 10.4. The molecule has 0 spiro atoms. The third-order valence-corrected chi connectivity index (χ3v) is 5.52. The Morgan fingerprint density at radius 1 is 1.00 bits per heavy atom. The lowest BCUT2D eigenvalue weighted by Crippen LogP contribution is -2.22. The first-order valence-corrected chi connectivity index (χ1v) is 11.1. The molecule has 2 aromatic rings. The van der Waals surface area contributed by atoms with E-state index in [0.717, 1.165) is 12.0 Å². The van der Waals surface area contributed by atoms with Crippen LogP contribution in [0, 0.1) is 12.7 Å². The molecule has 0 aliphatic heterocycles. The number of allylic oxidation sites excluding steroid dienone is 1. The maximum absolute atomic E-state index is 13.1. The van der Waals surface area contributed by atoms with E-state index in [1.54, 1.807) is 0 Å². The Morgan fingerprint density at radius 2 is 1.59 bits per heavy atom. The standard InChI is InChI=1S/C20H23FSi/c1-16-8-10-17(11-9-16)6-5-7-20(22(2,3)4)18-12-14-19(21)15-13-18/h5,8-15H,6H2,1-4H3. The summed E-state index contributed by atoms with van der Waals surface area (Å²) < 4.78 is 13.1. The van der Waals surface area contributed by atoms with Crippen LogP contribution in [-0.2, 0) is 6.42 Å². The van der Waals surface area contributed by atoms with Gasteiger partial charge in [0.25, 0.3) is 0 Å². The lowest BCUT2D eigenvalue weighted by molar-refractivity contribution is 0.627. The monoisotopic (exact) mass is 310 g/mol. The van der Waals surface area contributed by atoms with E-state index < -0.39 is 8.07 Å². The van der Waals surface area contributed by atoms with Gasteiger partial charge in [-0.05, 0) is 47.9 Å². The molecule has 114 valence electrons. The fraction of sp³-hybridized carbons (Fsp3) is 0.250. The summed E-state index contributed by atoms with van der Waals surface area (Å²) in [6, 6.07) is 15.3. The van der Waals surface area contributed by atoms with E-state index >= 15 is 0 Å². The van der Waals surface area contributed by atoms with Gasteiger partial charge in [-0.3, -0.25) is 0 Å². The molecular formula is C20H23FSi. The quantitative estimate of drug-likeness (QED) is 0.495. The van der Waals surface area contributed by atoms with Crippen molar-refractivity contribution < 1.29 is 4.39 Å². The molecule has 0 atom stereocenters. The van der Waals surface area contributed by atoms with Crippen molar-refractivity contribution >= 4 is 13.3 Å². The highest BCUT2D eigenvalue weighted by atomic mass is 28.3. The molecule has 0 bridgehead atoms. The van der Waals surface area contributed by atoms with Crippen LogP contribution in [0.3, 0.4) is 0 Å². The maximum Gasteiger partial charge on any atom is 0.123 e. The van der Waals surface area contributed by atoms with E-state index in [1.165, 1.54) is 28.5 Å². The maximum atomic E-state index is 13.1. The molecule has 0 aliphatic rings. The molecule has 0 unspecified atom stereocenters. The van der Waals surface area contributed by atoms with Crippen molar-refractivity contribution in [1.82, 2.24) is 0 Å². The minimum absolute atomic E-state index is 0.192. The average Bonchev–Trinajstić information content (AvgIpc) is 2.46. The number of halogens is 1. The van der Waals surface area contributed by atoms with Crippen molar-refractivity contribution in [2.24, 2.45) is 0 Å². The lowest BCUT2D eigenvalue weighted by atomic mass is 10.1. The second kappa shape index (κ2) is 6.91. The molecule has 0 N–H and O–H groups in total. The fourth-order valence-electron chi connectivity index (χ4n) is 2.34. The van der Waals surface area contributed by atoms with Crippen LogP contribution in [-0.4, -0.2) is 8.07 Å². The van der Waals surface area contributed by atoms with Crippen molar-refractivity contribution in [1.29, 1.82) is 0 Å². The highest BCUT2D eigenvalue weighted by Crippen LogP contribution is 2.25. The molecule has 0 nitrogen and oxygen atoms in total. The first-order valence-electron chi connectivity index (χ1n) is 7.63. The van der Waals surface area contributed by atoms with Gasteiger partial charge in [-0.15, -0.1) is 5.73 Å². The second-order valence-electron chi connectivity index (χ2n) is 6.67. The Labute approximate surface area is 134 Å². The van der Waals surface area contributed by atoms with Crippen LogP contribution in [0.4, 0.5) is 4.39 Å². The van der Waals surface area contributed by atoms with Crippen LogP contribution in [0.25, 0.3) is 5.20 Å². The largest absolute Gasteiger partial charge is 0.207 e. The first kappa shape index (κ1) is 16.5. The highest BCUT2D eigenvalue weighted by molar-refractivity contribution is 6.93. The normalized spacial score (nSPS) is 11.0. The van der Waals surface area contributed by atoms with E-state index in [9.17, 15) is 4.39 Å². The van der Waals surface area contributed by atoms with Crippen molar-refractivity contribution in [2.45, 2.75) is 33.0 Å². The predicted molar refractivity (Wildman–Crippen MR) is 96.1 cm³/mol. The molecule has 0 aromatic heterocycles. The zero-order valence-electron chi connectivity index (χ0n) is 13.8. The minimum Gasteiger partial charge on any atom is -0.207 e. The van der Waals surface area contributed by atoms with Gasteiger partial charge >= 0.3 is 0 Å². The number of aryl methyl sites for hydroxylation is 1. The molecule has 0 amide bonds. The average molecular weight is 310 g/mol. The van der Waals surface area contributed by atoms with Crippen molar-refractivity contribution in [3.05, 3.63) is 82.8 Å². The van der Waals surface area contributed by atoms with Crippen molar-refractivity contribution in [2.75, 3.05) is 0 Å². The van der Waals surface area contributed by atoms with Gasteiger partial charge in [0.2, 0.25) is 0 Å². The van der Waals surface area contributed by atoms with E-state index in [1.807, 2.05) is 12.1 Å². The zero-order valence-corrected chi connectivity index (χ0v) is 14.8. The Bertz CT molecular complexity index is 682. The molecular weight excluding hydrogens is 287 g/mol. The van der Waals surface area contributed by atoms with Crippen LogP contribution < -0.4 is 0 Å². The number of hydrogen-bond donors (Lipinski definition) is 0. The van der Waals surface area contributed by atoms with E-state index in [4.69, 9.17) is 0 Å². The van der Waals surface area contributed by atoms with Crippen molar-refractivity contribution in [3.8, 4) is 0 Å². The molecule has 0 saturated heterocycles. The minimum atomic E-state index is -1.54. The van der Waals surface area contributed by atoms with E-state index in [0.29, 0.717) is 0 Å². The van der Waals surface area contributed by atoms with Crippen LogP contribution in [0.2, 0.25) is 19.6 Å². The molecule has 22 heavy (non-hydrogen) atoms. The van der Waals surface area contributed by atoms with Crippen LogP contribution in [0.15, 0.2) is 60.3 Å². The SMILES string of the molecule is Cc1ccc(CC=C=C(c2ccc(F)cc2)[Si](C)(C)C)cc1. The molecule has 0 saturated carbocycles. The third kappa shape index (κ3) is 4.56. The molecule has 2 aromatic carbocycles. The Balaban J connectivity index is 2.30. The Morgan fingerprint density at radius 3 is 2.14 bits per heavy atom. The number of benzene rings is 2. The third-order valence-electron chi connectivity index (χ3n) is 3.59. The van der Waals surface area contributed by atoms with Gasteiger partial charge in [0, 0.05) is 0 Å². The molecule has 2 heteroatoms. The summed E-state index contributed by atoms with van der Waals surface area (Å²) in [6.07, 6.45) is 2.97. The smallest absolute Gasteiger partial charge is 0.123 e. The summed E-state index contributed by atoms with van der Waals surface area (Å²) in [5.41, 5.74) is 7.13. The summed E-state index contributed by atoms with van der Waals surface area (Å²) >= 11 is 0. The molecule has 0 radical (unpaired) electrons. The summed E-state index contributed by atoms with van der Waals surface area (Å²) in [4.78, 5) is 0. The second-order valence-corrected chi connectivity index (χ2v) is 11.7. The summed E-state index contributed by atoms with van der Waals surface area (Å²) in [6.45, 7) is 8.96. The molecule has 2 rings (SSSR count). The summed E-state index contributed by atoms with van der Waals surface area (Å²) in [5, 5.41) is 1.24. The van der Waals surface area contributed by atoms with Gasteiger partial charge < -0.3 is 0 Å². The Hall–Kier alpha value is -1.89. The van der Waals surface area contributed by atoms with Crippen LogP contribution >= 0.6 is 0 Å². The van der Waals surface area contributed by atoms with Gasteiger partial charge in [-0.2, -0.15) is 0 Å². The van der Waals surface area contributed by atoms with Gasteiger partial charge in [0.15, 0.2) is 0 Å². The van der Waals surface area contributed by atoms with E-state index in [2.05, 4.69) is 62.6 Å². The predicted octanol–water partition coefficient (Wildman–Crippen LogP) is 5.79. The van der Waals surface area contributed by atoms with Gasteiger partial charge in [-0.1, -0.05) is 61.6 Å². The molecule has 0 fully saturated rings. The van der Waals surface area contributed by atoms with Gasteiger partial charge in [-0.25, -0.2) is 4.39 Å². The fourth-order valence-corrected chi connectivity index (χ4v) is 3.91. The van der Waals surface area contributed by atoms with Crippen LogP contribution in [0.1, 0.15) is 16.7 Å². The summed E-state index contributed by atoms with van der Waals surface area (Å²) in [5.74, 6) is -0.192. The summed E-state index contributed by atoms with van der Waals surface area (Å²) in [7, 11) is -1.54. The van der Waals surface area contributed by atoms with E-state index in [-0.39, 0.29) is 5.82 Å². The van der Waals surface area contributed by atoms with Gasteiger partial charge in [0.05, 0.1) is 8.07 Å². The Kier molecular flexibility index (Phi) is 5.18. The van der Waals surface area contributed by atoms with Crippen molar-refractivity contribution in [3.63, 3.8) is 0 Å². The zero-order chi connectivity index (χ0) is 16.2. The van der Waals surface area contributed by atoms with Crippen LogP contribution in [0.5, 0.6) is 0 Å². The molecule has 0 aliphatic carbocycles. The number of rotatable bonds is 4. The topological polar surface area (TPSA) is 0 Å². The number of hydrogen-bond acceptors (Lipinski definition) is 0. The highest BCUT2D eigenvalue weighted by Gasteiger charge is 2.20. The lowest BCUT2D eigenvalue weighted by Gasteiger charge is -2.19. The van der Waals surface area contributed by atoms with Gasteiger partial charge in [0.1, 0.15) is 5.82 Å². The molecule has 0 heterocycles.